The van der Waals surface area contributed by atoms with E-state index in [4.69, 9.17) is 4.74 Å². The lowest BCUT2D eigenvalue weighted by atomic mass is 9.93. The molecule has 0 aliphatic carbocycles. The molecule has 13 heteroatoms. The minimum atomic E-state index is -7.49. The van der Waals surface area contributed by atoms with Crippen LogP contribution >= 0.6 is 10.8 Å². The molecule has 0 amide bonds. The smallest absolute Gasteiger partial charge is 0.460 e. The average molecular weight is 548 g/mol. The van der Waals surface area contributed by atoms with Gasteiger partial charge in [0.15, 0.2) is 10.8 Å². The van der Waals surface area contributed by atoms with Crippen LogP contribution in [0.4, 0.5) is 47.3 Å². The van der Waals surface area contributed by atoms with Crippen LogP contribution in [0.2, 0.25) is 0 Å². The second-order valence-corrected chi connectivity index (χ2v) is 9.27. The Hall–Kier alpha value is -2.96. The first kappa shape index (κ1) is 27.6. The van der Waals surface area contributed by atoms with Crippen LogP contribution in [0.3, 0.4) is 0 Å². The van der Waals surface area contributed by atoms with E-state index in [1.54, 1.807) is 0 Å². The van der Waals surface area contributed by atoms with E-state index in [2.05, 4.69) is 0 Å². The molecule has 0 aromatic heterocycles. The predicted molar refractivity (Wildman–Crippen MR) is 113 cm³/mol. The zero-order valence-corrected chi connectivity index (χ0v) is 18.7. The maximum absolute atomic E-state index is 15.3. The van der Waals surface area contributed by atoms with Gasteiger partial charge >= 0.3 is 23.3 Å². The van der Waals surface area contributed by atoms with Crippen LogP contribution < -0.4 is 4.74 Å². The van der Waals surface area contributed by atoms with E-state index in [1.165, 1.54) is 48.5 Å². The Balaban J connectivity index is 2.41. The Morgan fingerprint density at radius 1 is 0.583 bits per heavy atom. The largest absolute Gasteiger partial charge is 0.496 e. The molecule has 0 saturated carbocycles. The van der Waals surface area contributed by atoms with E-state index in [0.717, 1.165) is 25.3 Å². The van der Waals surface area contributed by atoms with Crippen molar-refractivity contribution in [3.63, 3.8) is 0 Å². The minimum Gasteiger partial charge on any atom is -0.496 e. The molecule has 0 saturated heterocycles. The number of benzene rings is 3. The van der Waals surface area contributed by atoms with Crippen molar-refractivity contribution < 1.29 is 52.0 Å². The first-order chi connectivity index (χ1) is 16.5. The Bertz CT molecular complexity index is 1210. The van der Waals surface area contributed by atoms with Crippen molar-refractivity contribution in [2.75, 3.05) is 7.11 Å². The molecule has 36 heavy (non-hydrogen) atoms. The van der Waals surface area contributed by atoms with Gasteiger partial charge in [-0.25, -0.2) is 0 Å². The van der Waals surface area contributed by atoms with Gasteiger partial charge in [-0.1, -0.05) is 60.7 Å². The minimum absolute atomic E-state index is 0.0981. The number of hydrogen-bond donors (Lipinski definition) is 0. The summed E-state index contributed by atoms with van der Waals surface area (Å²) >= 11 is 0. The lowest BCUT2D eigenvalue weighted by molar-refractivity contribution is -0.382. The van der Waals surface area contributed by atoms with E-state index in [-0.39, 0.29) is 28.5 Å². The highest BCUT2D eigenvalue weighted by Gasteiger charge is 2.86. The summed E-state index contributed by atoms with van der Waals surface area (Å²) in [4.78, 5) is -1.82. The molecular formula is C23H15F11OS. The second-order valence-electron chi connectivity index (χ2n) is 7.38. The van der Waals surface area contributed by atoms with Crippen LogP contribution in [-0.2, 0) is 0 Å². The highest BCUT2D eigenvalue weighted by atomic mass is 32.3. The molecule has 0 spiro atoms. The monoisotopic (exact) mass is 548 g/mol. The van der Waals surface area contributed by atoms with Gasteiger partial charge in [-0.3, -0.25) is 0 Å². The Morgan fingerprint density at radius 2 is 1.03 bits per heavy atom. The molecule has 0 aliphatic rings. The standard InChI is InChI=1S/C23H15F11OS/c1-35-16-12-13-17(36(33,34)23(31,32)21(26,27)20(24,25)22(28,29)30)19(15-10-6-3-7-11-15)18(16)14-8-4-2-5-9-14/h2-13H,1H3. The van der Waals surface area contributed by atoms with Gasteiger partial charge in [-0.05, 0) is 23.3 Å². The van der Waals surface area contributed by atoms with Gasteiger partial charge in [0, 0.05) is 11.1 Å². The van der Waals surface area contributed by atoms with Crippen LogP contribution in [0.25, 0.3) is 22.3 Å². The highest BCUT2D eigenvalue weighted by Crippen LogP contribution is 2.77. The van der Waals surface area contributed by atoms with Crippen LogP contribution in [-0.4, -0.2) is 30.4 Å². The third kappa shape index (κ3) is 4.16. The van der Waals surface area contributed by atoms with E-state index in [0.29, 0.717) is 0 Å². The van der Waals surface area contributed by atoms with Crippen molar-refractivity contribution in [2.24, 2.45) is 0 Å². The number of alkyl halides is 9. The normalized spacial score (nSPS) is 14.0. The molecule has 3 aromatic carbocycles. The summed E-state index contributed by atoms with van der Waals surface area (Å²) in [5.74, 6) is -15.1. The second kappa shape index (κ2) is 9.16. The first-order valence-electron chi connectivity index (χ1n) is 9.76. The summed E-state index contributed by atoms with van der Waals surface area (Å²) in [5.41, 5.74) is -1.19. The number of hydrogen-bond acceptors (Lipinski definition) is 1. The summed E-state index contributed by atoms with van der Waals surface area (Å²) in [7, 11) is -6.29. The third-order valence-corrected chi connectivity index (χ3v) is 6.98. The number of halogens is 11. The van der Waals surface area contributed by atoms with E-state index >= 15 is 7.77 Å². The fourth-order valence-corrected chi connectivity index (χ4v) is 4.83. The molecule has 0 unspecified atom stereocenters. The first-order valence-corrected chi connectivity index (χ1v) is 11.2. The summed E-state index contributed by atoms with van der Waals surface area (Å²) in [5, 5.41) is -7.11. The van der Waals surface area contributed by atoms with Gasteiger partial charge < -0.3 is 4.74 Å². The summed E-state index contributed by atoms with van der Waals surface area (Å²) in [6.45, 7) is 0. The van der Waals surface area contributed by atoms with Gasteiger partial charge in [-0.2, -0.15) is 39.5 Å². The van der Waals surface area contributed by atoms with Gasteiger partial charge in [0.25, 0.3) is 0 Å². The molecule has 0 atom stereocenters. The van der Waals surface area contributed by atoms with Crippen LogP contribution in [0.1, 0.15) is 0 Å². The molecule has 0 fully saturated rings. The molecule has 3 rings (SSSR count). The Kier molecular flexibility index (Phi) is 7.03. The quantitative estimate of drug-likeness (QED) is 0.267. The molecule has 0 N–H and O–H groups in total. The Labute approximate surface area is 199 Å². The average Bonchev–Trinajstić information content (AvgIpc) is 2.83. The molecular weight excluding hydrogens is 533 g/mol. The van der Waals surface area contributed by atoms with Crippen molar-refractivity contribution in [3.8, 4) is 28.0 Å². The number of rotatable bonds is 7. The van der Waals surface area contributed by atoms with Gasteiger partial charge in [0.05, 0.1) is 12.0 Å². The van der Waals surface area contributed by atoms with E-state index < -0.39 is 44.5 Å². The Morgan fingerprint density at radius 3 is 1.44 bits per heavy atom. The van der Waals surface area contributed by atoms with Crippen LogP contribution in [0.5, 0.6) is 5.75 Å². The maximum atomic E-state index is 15.3. The SMILES string of the molecule is COc1ccc(S(F)(F)C(F)(F)C(F)(F)C(F)(F)C(F)(F)F)c(-c2ccccc2)c1-c1ccccc1. The van der Waals surface area contributed by atoms with Crippen LogP contribution in [0.15, 0.2) is 77.7 Å². The van der Waals surface area contributed by atoms with E-state index in [9.17, 15) is 39.5 Å². The highest BCUT2D eigenvalue weighted by molar-refractivity contribution is 8.26. The molecule has 0 heterocycles. The molecule has 0 bridgehead atoms. The third-order valence-electron chi connectivity index (χ3n) is 5.19. The lowest BCUT2D eigenvalue weighted by Gasteiger charge is -2.40. The van der Waals surface area contributed by atoms with Crippen LogP contribution in [0, 0.1) is 0 Å². The van der Waals surface area contributed by atoms with Gasteiger partial charge in [-0.15, -0.1) is 7.77 Å². The predicted octanol–water partition coefficient (Wildman–Crippen LogP) is 9.39. The fourth-order valence-electron chi connectivity index (χ4n) is 3.39. The summed E-state index contributed by atoms with van der Waals surface area (Å²) in [6.07, 6.45) is -7.23. The van der Waals surface area contributed by atoms with Crippen molar-refractivity contribution in [1.29, 1.82) is 0 Å². The number of ether oxygens (including phenoxy) is 1. The topological polar surface area (TPSA) is 9.23 Å². The summed E-state index contributed by atoms with van der Waals surface area (Å²) < 4.78 is 158. The molecule has 196 valence electrons. The zero-order valence-electron chi connectivity index (χ0n) is 17.9. The van der Waals surface area contributed by atoms with E-state index in [1.807, 2.05) is 0 Å². The van der Waals surface area contributed by atoms with Gasteiger partial charge in [0.2, 0.25) is 0 Å². The number of methoxy groups -OCH3 is 1. The molecule has 3 aromatic rings. The van der Waals surface area contributed by atoms with Gasteiger partial charge in [0.1, 0.15) is 5.75 Å². The molecule has 0 aliphatic heterocycles. The van der Waals surface area contributed by atoms with Crippen molar-refractivity contribution in [2.45, 2.75) is 28.2 Å². The summed E-state index contributed by atoms with van der Waals surface area (Å²) in [6, 6.07) is 14.4. The molecule has 1 nitrogen and oxygen atoms in total. The maximum Gasteiger partial charge on any atom is 0.460 e. The molecule has 0 radical (unpaired) electrons. The van der Waals surface area contributed by atoms with Crippen molar-refractivity contribution in [3.05, 3.63) is 72.8 Å². The zero-order chi connectivity index (χ0) is 27.2. The fraction of sp³-hybridized carbons (Fsp3) is 0.217. The van der Waals surface area contributed by atoms with Crippen molar-refractivity contribution in [1.82, 2.24) is 0 Å². The lowest BCUT2D eigenvalue weighted by Crippen LogP contribution is -2.61. The van der Waals surface area contributed by atoms with Crippen molar-refractivity contribution >= 4 is 10.8 Å².